The zero-order valence-electron chi connectivity index (χ0n) is 16.3. The molecule has 1 saturated heterocycles. The van der Waals surface area contributed by atoms with E-state index in [1.807, 2.05) is 30.5 Å². The molecule has 0 aliphatic carbocycles. The third-order valence-electron chi connectivity index (χ3n) is 5.25. The summed E-state index contributed by atoms with van der Waals surface area (Å²) < 4.78 is 2.08. The minimum absolute atomic E-state index is 0.157. The van der Waals surface area contributed by atoms with Crippen LogP contribution >= 0.6 is 0 Å². The average molecular weight is 399 g/mol. The second-order valence-electron chi connectivity index (χ2n) is 7.12. The number of aromatic nitrogens is 4. The molecule has 1 amide bonds. The maximum atomic E-state index is 12.7. The first-order valence-electron chi connectivity index (χ1n) is 9.87. The van der Waals surface area contributed by atoms with Crippen LogP contribution in [-0.4, -0.2) is 51.4 Å². The van der Waals surface area contributed by atoms with E-state index in [2.05, 4.69) is 46.6 Å². The third kappa shape index (κ3) is 3.55. The van der Waals surface area contributed by atoms with E-state index in [1.54, 1.807) is 30.9 Å². The van der Waals surface area contributed by atoms with Crippen molar-refractivity contribution < 1.29 is 4.79 Å². The Bertz CT molecular complexity index is 1150. The molecule has 4 aromatic heterocycles. The number of nitrogens with zero attached hydrogens (tertiary/aromatic N) is 6. The normalized spacial score (nSPS) is 14.1. The van der Waals surface area contributed by atoms with E-state index < -0.39 is 0 Å². The van der Waals surface area contributed by atoms with Gasteiger partial charge in [0.25, 0.3) is 5.91 Å². The summed E-state index contributed by atoms with van der Waals surface area (Å²) in [6.45, 7) is 3.41. The van der Waals surface area contributed by atoms with Gasteiger partial charge in [-0.25, -0.2) is 9.97 Å². The van der Waals surface area contributed by atoms with Crippen molar-refractivity contribution in [2.24, 2.45) is 0 Å². The number of piperazine rings is 1. The Kier molecular flexibility index (Phi) is 4.72. The molecule has 1 N–H and O–H groups in total. The first kappa shape index (κ1) is 18.1. The summed E-state index contributed by atoms with van der Waals surface area (Å²) in [5.41, 5.74) is 2.33. The van der Waals surface area contributed by atoms with Gasteiger partial charge in [-0.2, -0.15) is 0 Å². The second kappa shape index (κ2) is 7.82. The lowest BCUT2D eigenvalue weighted by molar-refractivity contribution is 0.102. The van der Waals surface area contributed by atoms with E-state index in [0.29, 0.717) is 11.3 Å². The van der Waals surface area contributed by atoms with Crippen molar-refractivity contribution in [1.29, 1.82) is 0 Å². The molecule has 0 spiro atoms. The van der Waals surface area contributed by atoms with Crippen LogP contribution in [0.15, 0.2) is 73.4 Å². The van der Waals surface area contributed by atoms with Crippen molar-refractivity contribution in [2.75, 3.05) is 41.3 Å². The zero-order chi connectivity index (χ0) is 20.3. The fourth-order valence-corrected chi connectivity index (χ4v) is 3.71. The number of carbonyl (C=O) groups is 1. The largest absolute Gasteiger partial charge is 0.354 e. The van der Waals surface area contributed by atoms with E-state index in [4.69, 9.17) is 0 Å². The Morgan fingerprint density at radius 2 is 1.63 bits per heavy atom. The number of hydrogen-bond acceptors (Lipinski definition) is 6. The van der Waals surface area contributed by atoms with Gasteiger partial charge in [0.1, 0.15) is 5.82 Å². The molecule has 5 heterocycles. The maximum Gasteiger partial charge on any atom is 0.257 e. The number of hydrogen-bond donors (Lipinski definition) is 1. The van der Waals surface area contributed by atoms with Crippen LogP contribution in [0.5, 0.6) is 0 Å². The Labute approximate surface area is 173 Å². The molecule has 5 rings (SSSR count). The highest BCUT2D eigenvalue weighted by atomic mass is 16.1. The van der Waals surface area contributed by atoms with Gasteiger partial charge in [0.15, 0.2) is 0 Å². The highest BCUT2D eigenvalue weighted by molar-refractivity contribution is 6.04. The lowest BCUT2D eigenvalue weighted by Crippen LogP contribution is -2.47. The van der Waals surface area contributed by atoms with Crippen molar-refractivity contribution in [2.45, 2.75) is 0 Å². The average Bonchev–Trinajstić information content (AvgIpc) is 3.24. The fourth-order valence-electron chi connectivity index (χ4n) is 3.71. The molecule has 0 aromatic carbocycles. The van der Waals surface area contributed by atoms with Crippen molar-refractivity contribution in [3.8, 4) is 0 Å². The number of fused-ring (bicyclic) bond motifs is 1. The van der Waals surface area contributed by atoms with Crippen LogP contribution in [-0.2, 0) is 0 Å². The van der Waals surface area contributed by atoms with Gasteiger partial charge in [-0.1, -0.05) is 0 Å². The van der Waals surface area contributed by atoms with E-state index >= 15 is 0 Å². The van der Waals surface area contributed by atoms with Gasteiger partial charge in [-0.05, 0) is 42.5 Å². The van der Waals surface area contributed by atoms with Gasteiger partial charge in [-0.15, -0.1) is 0 Å². The second-order valence-corrected chi connectivity index (χ2v) is 7.12. The summed E-state index contributed by atoms with van der Waals surface area (Å²) in [5.74, 6) is 1.69. The molecule has 0 radical (unpaired) electrons. The van der Waals surface area contributed by atoms with Crippen molar-refractivity contribution in [3.63, 3.8) is 0 Å². The van der Waals surface area contributed by atoms with E-state index in [1.165, 1.54) is 0 Å². The van der Waals surface area contributed by atoms with Gasteiger partial charge in [0.2, 0.25) is 5.95 Å². The number of pyridine rings is 2. The molecule has 8 heteroatoms. The standard InChI is InChI=1S/C22H21N7O/c30-21(26-18-3-1-8-23-15-18)17-4-5-19-6-7-20(29(19)16-17)27-11-13-28(14-12-27)22-24-9-2-10-25-22/h1-10,15-16H,11-14H2,(H,26,30). The monoisotopic (exact) mass is 399 g/mol. The molecular formula is C22H21N7O. The Balaban J connectivity index is 1.34. The molecule has 0 bridgehead atoms. The zero-order valence-corrected chi connectivity index (χ0v) is 16.3. The minimum atomic E-state index is -0.157. The summed E-state index contributed by atoms with van der Waals surface area (Å²) in [7, 11) is 0. The first-order valence-corrected chi connectivity index (χ1v) is 9.87. The Morgan fingerprint density at radius 3 is 2.40 bits per heavy atom. The van der Waals surface area contributed by atoms with E-state index in [0.717, 1.165) is 43.5 Å². The molecule has 0 saturated carbocycles. The lowest BCUT2D eigenvalue weighted by Gasteiger charge is -2.35. The topological polar surface area (TPSA) is 78.7 Å². The van der Waals surface area contributed by atoms with Crippen molar-refractivity contribution >= 4 is 28.9 Å². The molecule has 150 valence electrons. The fraction of sp³-hybridized carbons (Fsp3) is 0.182. The van der Waals surface area contributed by atoms with Crippen LogP contribution in [0.3, 0.4) is 0 Å². The van der Waals surface area contributed by atoms with Crippen molar-refractivity contribution in [1.82, 2.24) is 19.4 Å². The first-order chi connectivity index (χ1) is 14.8. The van der Waals surface area contributed by atoms with Crippen molar-refractivity contribution in [3.05, 3.63) is 79.0 Å². The summed E-state index contributed by atoms with van der Waals surface area (Å²) in [6.07, 6.45) is 8.74. The Morgan fingerprint density at radius 1 is 0.867 bits per heavy atom. The molecule has 4 aromatic rings. The van der Waals surface area contributed by atoms with E-state index in [-0.39, 0.29) is 5.91 Å². The minimum Gasteiger partial charge on any atom is -0.354 e. The Hall–Kier alpha value is -3.94. The number of amides is 1. The molecular weight excluding hydrogens is 378 g/mol. The molecule has 1 aliphatic rings. The number of carbonyl (C=O) groups excluding carboxylic acids is 1. The van der Waals surface area contributed by atoms with Gasteiger partial charge in [0, 0.05) is 56.5 Å². The van der Waals surface area contributed by atoms with Crippen LogP contribution < -0.4 is 15.1 Å². The van der Waals surface area contributed by atoms with Gasteiger partial charge in [0.05, 0.1) is 17.4 Å². The highest BCUT2D eigenvalue weighted by Crippen LogP contribution is 2.23. The highest BCUT2D eigenvalue weighted by Gasteiger charge is 2.21. The summed E-state index contributed by atoms with van der Waals surface area (Å²) in [5, 5.41) is 2.89. The van der Waals surface area contributed by atoms with Gasteiger partial charge < -0.3 is 19.5 Å². The molecule has 0 unspecified atom stereocenters. The van der Waals surface area contributed by atoms with Gasteiger partial charge >= 0.3 is 0 Å². The third-order valence-corrected chi connectivity index (χ3v) is 5.25. The molecule has 30 heavy (non-hydrogen) atoms. The number of anilines is 3. The summed E-state index contributed by atoms with van der Waals surface area (Å²) >= 11 is 0. The molecule has 1 aliphatic heterocycles. The van der Waals surface area contributed by atoms with E-state index in [9.17, 15) is 4.79 Å². The maximum absolute atomic E-state index is 12.7. The smallest absolute Gasteiger partial charge is 0.257 e. The molecule has 8 nitrogen and oxygen atoms in total. The predicted molar refractivity (Wildman–Crippen MR) is 116 cm³/mol. The lowest BCUT2D eigenvalue weighted by atomic mass is 10.2. The molecule has 1 fully saturated rings. The summed E-state index contributed by atoms with van der Waals surface area (Å²) in [6, 6.07) is 13.4. The SMILES string of the molecule is O=C(Nc1cccnc1)c1ccc2ccc(N3CCN(c4ncccn4)CC3)n2c1. The number of rotatable bonds is 4. The van der Waals surface area contributed by atoms with Crippen LogP contribution in [0.2, 0.25) is 0 Å². The number of nitrogens with one attached hydrogen (secondary N) is 1. The predicted octanol–water partition coefficient (Wildman–Crippen LogP) is 2.70. The van der Waals surface area contributed by atoms with Gasteiger partial charge in [-0.3, -0.25) is 9.78 Å². The van der Waals surface area contributed by atoms with Crippen LogP contribution in [0.25, 0.3) is 5.52 Å². The molecule has 0 atom stereocenters. The van der Waals surface area contributed by atoms with Crippen LogP contribution in [0.4, 0.5) is 17.5 Å². The van der Waals surface area contributed by atoms with Crippen LogP contribution in [0, 0.1) is 0 Å². The summed E-state index contributed by atoms with van der Waals surface area (Å²) in [4.78, 5) is 29.9. The quantitative estimate of drug-likeness (QED) is 0.569. The van der Waals surface area contributed by atoms with Crippen LogP contribution in [0.1, 0.15) is 10.4 Å².